The summed E-state index contributed by atoms with van der Waals surface area (Å²) in [5, 5.41) is 5.48. The van der Waals surface area contributed by atoms with Crippen LogP contribution in [0.15, 0.2) is 55.0 Å². The van der Waals surface area contributed by atoms with E-state index in [1.54, 1.807) is 12.4 Å². The van der Waals surface area contributed by atoms with E-state index < -0.39 is 0 Å². The number of halogens is 2. The van der Waals surface area contributed by atoms with E-state index >= 15 is 0 Å². The van der Waals surface area contributed by atoms with E-state index in [1.807, 2.05) is 42.6 Å². The van der Waals surface area contributed by atoms with E-state index in [9.17, 15) is 0 Å². The molecule has 0 unspecified atom stereocenters. The van der Waals surface area contributed by atoms with Crippen LogP contribution in [0.5, 0.6) is 0 Å². The van der Waals surface area contributed by atoms with Crippen molar-refractivity contribution in [1.82, 2.24) is 19.9 Å². The van der Waals surface area contributed by atoms with Gasteiger partial charge in [0.2, 0.25) is 0 Å². The van der Waals surface area contributed by atoms with Crippen LogP contribution >= 0.6 is 23.2 Å². The van der Waals surface area contributed by atoms with Gasteiger partial charge in [-0.15, -0.1) is 0 Å². The highest BCUT2D eigenvalue weighted by Gasteiger charge is 2.10. The fourth-order valence-corrected chi connectivity index (χ4v) is 2.83. The number of H-pyrrole nitrogens is 1. The maximum atomic E-state index is 6.06. The second kappa shape index (κ2) is 6.70. The second-order valence-electron chi connectivity index (χ2n) is 5.50. The van der Waals surface area contributed by atoms with Crippen LogP contribution in [0.25, 0.3) is 22.4 Å². The number of rotatable bonds is 4. The number of benzene rings is 1. The van der Waals surface area contributed by atoms with E-state index in [-0.39, 0.29) is 0 Å². The van der Waals surface area contributed by atoms with Crippen LogP contribution in [0.1, 0.15) is 5.56 Å². The number of nitrogens with one attached hydrogen (secondary N) is 2. The van der Waals surface area contributed by atoms with Crippen LogP contribution in [0.2, 0.25) is 10.0 Å². The molecule has 1 aromatic carbocycles. The maximum absolute atomic E-state index is 6.06. The van der Waals surface area contributed by atoms with Crippen molar-refractivity contribution in [3.63, 3.8) is 0 Å². The Morgan fingerprint density at radius 1 is 1.00 bits per heavy atom. The minimum Gasteiger partial charge on any atom is -0.366 e. The molecule has 0 aliphatic heterocycles. The Kier molecular flexibility index (Phi) is 4.26. The van der Waals surface area contributed by atoms with Gasteiger partial charge < -0.3 is 10.3 Å². The SMILES string of the molecule is Clc1ccc(CNc2ccnc(-c3c[nH]c4ncc(Cl)cc34)n2)cc1. The Hall–Kier alpha value is -2.63. The summed E-state index contributed by atoms with van der Waals surface area (Å²) in [6, 6.07) is 11.4. The number of fused-ring (bicyclic) bond motifs is 1. The van der Waals surface area contributed by atoms with Crippen molar-refractivity contribution in [2.45, 2.75) is 6.54 Å². The summed E-state index contributed by atoms with van der Waals surface area (Å²) >= 11 is 12.0. The molecule has 3 heterocycles. The molecule has 0 radical (unpaired) electrons. The first-order chi connectivity index (χ1) is 12.2. The molecule has 0 amide bonds. The van der Waals surface area contributed by atoms with Crippen molar-refractivity contribution in [3.8, 4) is 11.4 Å². The minimum atomic E-state index is 0.574. The molecule has 5 nitrogen and oxygen atoms in total. The zero-order valence-electron chi connectivity index (χ0n) is 13.0. The van der Waals surface area contributed by atoms with E-state index in [2.05, 4.69) is 25.3 Å². The van der Waals surface area contributed by atoms with Gasteiger partial charge in [-0.05, 0) is 29.8 Å². The predicted octanol–water partition coefficient (Wildman–Crippen LogP) is 4.94. The summed E-state index contributed by atoms with van der Waals surface area (Å²) in [7, 11) is 0. The first-order valence-corrected chi connectivity index (χ1v) is 8.39. The Morgan fingerprint density at radius 2 is 1.84 bits per heavy atom. The number of nitrogens with zero attached hydrogens (tertiary/aromatic N) is 3. The van der Waals surface area contributed by atoms with Gasteiger partial charge in [-0.3, -0.25) is 0 Å². The molecule has 4 aromatic rings. The molecule has 7 heteroatoms. The molecular formula is C18H13Cl2N5. The standard InChI is InChI=1S/C18H13Cl2N5/c19-12-3-1-11(2-4-12)8-22-16-5-6-21-18(25-16)15-10-24-17-14(15)7-13(20)9-23-17/h1-7,9-10H,8H2,(H,23,24)(H,21,22,25). The van der Waals surface area contributed by atoms with Gasteiger partial charge in [-0.2, -0.15) is 0 Å². The number of hydrogen-bond donors (Lipinski definition) is 2. The van der Waals surface area contributed by atoms with E-state index in [0.717, 1.165) is 33.0 Å². The van der Waals surface area contributed by atoms with Crippen LogP contribution in [0.3, 0.4) is 0 Å². The lowest BCUT2D eigenvalue weighted by atomic mass is 10.2. The normalized spacial score (nSPS) is 11.0. The molecule has 0 aliphatic rings. The molecule has 0 saturated heterocycles. The molecule has 4 rings (SSSR count). The molecule has 0 bridgehead atoms. The van der Waals surface area contributed by atoms with Crippen molar-refractivity contribution in [2.75, 3.05) is 5.32 Å². The summed E-state index contributed by atoms with van der Waals surface area (Å²) in [5.74, 6) is 1.35. The lowest BCUT2D eigenvalue weighted by Crippen LogP contribution is -2.02. The van der Waals surface area contributed by atoms with Gasteiger partial charge in [-0.25, -0.2) is 15.0 Å². The average molecular weight is 370 g/mol. The van der Waals surface area contributed by atoms with Crippen molar-refractivity contribution in [2.24, 2.45) is 0 Å². The predicted molar refractivity (Wildman–Crippen MR) is 101 cm³/mol. The number of aromatic nitrogens is 4. The molecule has 0 spiro atoms. The van der Waals surface area contributed by atoms with E-state index in [0.29, 0.717) is 17.4 Å². The number of aromatic amines is 1. The summed E-state index contributed by atoms with van der Waals surface area (Å²) in [5.41, 5.74) is 2.73. The van der Waals surface area contributed by atoms with Gasteiger partial charge in [0.15, 0.2) is 5.82 Å². The van der Waals surface area contributed by atoms with Crippen LogP contribution < -0.4 is 5.32 Å². The monoisotopic (exact) mass is 369 g/mol. The van der Waals surface area contributed by atoms with Crippen LogP contribution in [-0.2, 0) is 6.54 Å². The molecule has 0 saturated carbocycles. The topological polar surface area (TPSA) is 66.5 Å². The highest BCUT2D eigenvalue weighted by molar-refractivity contribution is 6.31. The zero-order valence-corrected chi connectivity index (χ0v) is 14.5. The first kappa shape index (κ1) is 15.9. The summed E-state index contributed by atoms with van der Waals surface area (Å²) in [4.78, 5) is 16.3. The lowest BCUT2D eigenvalue weighted by Gasteiger charge is -2.07. The zero-order chi connectivity index (χ0) is 17.2. The highest BCUT2D eigenvalue weighted by Crippen LogP contribution is 2.27. The Morgan fingerprint density at radius 3 is 2.68 bits per heavy atom. The maximum Gasteiger partial charge on any atom is 0.163 e. The van der Waals surface area contributed by atoms with E-state index in [4.69, 9.17) is 23.2 Å². The molecule has 3 aromatic heterocycles. The number of hydrogen-bond acceptors (Lipinski definition) is 4. The van der Waals surface area contributed by atoms with Crippen molar-refractivity contribution in [1.29, 1.82) is 0 Å². The molecule has 2 N–H and O–H groups in total. The quantitative estimate of drug-likeness (QED) is 0.534. The van der Waals surface area contributed by atoms with Gasteiger partial charge in [0.25, 0.3) is 0 Å². The molecule has 0 atom stereocenters. The minimum absolute atomic E-state index is 0.574. The van der Waals surface area contributed by atoms with Crippen molar-refractivity contribution < 1.29 is 0 Å². The third-order valence-corrected chi connectivity index (χ3v) is 4.24. The van der Waals surface area contributed by atoms with Crippen LogP contribution in [0, 0.1) is 0 Å². The van der Waals surface area contributed by atoms with Crippen molar-refractivity contribution >= 4 is 40.1 Å². The lowest BCUT2D eigenvalue weighted by molar-refractivity contribution is 1.09. The fraction of sp³-hybridized carbons (Fsp3) is 0.0556. The number of pyridine rings is 1. The molecule has 0 fully saturated rings. The molecular weight excluding hydrogens is 357 g/mol. The third kappa shape index (κ3) is 3.43. The number of anilines is 1. The largest absolute Gasteiger partial charge is 0.366 e. The Balaban J connectivity index is 1.60. The van der Waals surface area contributed by atoms with Gasteiger partial charge in [0.1, 0.15) is 11.5 Å². The van der Waals surface area contributed by atoms with Crippen molar-refractivity contribution in [3.05, 3.63) is 70.6 Å². The van der Waals surface area contributed by atoms with Crippen LogP contribution in [-0.4, -0.2) is 19.9 Å². The summed E-state index contributed by atoms with van der Waals surface area (Å²) in [6.45, 7) is 0.648. The van der Waals surface area contributed by atoms with Gasteiger partial charge in [-0.1, -0.05) is 35.3 Å². The van der Waals surface area contributed by atoms with Gasteiger partial charge in [0.05, 0.1) is 5.02 Å². The van der Waals surface area contributed by atoms with Crippen LogP contribution in [0.4, 0.5) is 5.82 Å². The molecule has 124 valence electrons. The van der Waals surface area contributed by atoms with Gasteiger partial charge >= 0.3 is 0 Å². The smallest absolute Gasteiger partial charge is 0.163 e. The summed E-state index contributed by atoms with van der Waals surface area (Å²) < 4.78 is 0. The average Bonchev–Trinajstić information content (AvgIpc) is 3.04. The Bertz CT molecular complexity index is 1030. The Labute approximate surface area is 154 Å². The molecule has 25 heavy (non-hydrogen) atoms. The highest BCUT2D eigenvalue weighted by atomic mass is 35.5. The van der Waals surface area contributed by atoms with Gasteiger partial charge in [0, 0.05) is 41.1 Å². The molecule has 0 aliphatic carbocycles. The fourth-order valence-electron chi connectivity index (χ4n) is 2.54. The first-order valence-electron chi connectivity index (χ1n) is 7.63. The van der Waals surface area contributed by atoms with E-state index in [1.165, 1.54) is 0 Å². The summed E-state index contributed by atoms with van der Waals surface area (Å²) in [6.07, 6.45) is 5.17. The third-order valence-electron chi connectivity index (χ3n) is 3.78. The second-order valence-corrected chi connectivity index (χ2v) is 6.37.